The molecule has 0 aliphatic heterocycles. The standard InChI is InChI=1S/C16H11F3N2OS/c17-16(18,19)11-6-2-1-5-10(11)15(22)20-9-14-21-12-7-3-4-8-13(12)23-14/h1-8H,9H2,(H,20,22). The number of amides is 1. The highest BCUT2D eigenvalue weighted by atomic mass is 32.1. The Kier molecular flexibility index (Phi) is 4.04. The second-order valence-electron chi connectivity index (χ2n) is 4.80. The number of thiazole rings is 1. The first kappa shape index (κ1) is 15.5. The summed E-state index contributed by atoms with van der Waals surface area (Å²) in [6.45, 7) is 0.0877. The quantitative estimate of drug-likeness (QED) is 0.777. The molecule has 0 atom stereocenters. The maximum atomic E-state index is 12.9. The first-order valence-corrected chi connectivity index (χ1v) is 7.55. The van der Waals surface area contributed by atoms with Gasteiger partial charge in [0.25, 0.3) is 5.91 Å². The Morgan fingerprint density at radius 2 is 1.78 bits per heavy atom. The maximum absolute atomic E-state index is 12.9. The highest BCUT2D eigenvalue weighted by Crippen LogP contribution is 2.31. The zero-order valence-corrected chi connectivity index (χ0v) is 12.5. The van der Waals surface area contributed by atoms with Gasteiger partial charge in [-0.25, -0.2) is 4.98 Å². The van der Waals surface area contributed by atoms with Crippen LogP contribution in [0.1, 0.15) is 20.9 Å². The van der Waals surface area contributed by atoms with Crippen LogP contribution in [0.3, 0.4) is 0 Å². The predicted molar refractivity (Wildman–Crippen MR) is 82.2 cm³/mol. The van der Waals surface area contributed by atoms with Crippen LogP contribution in [0.4, 0.5) is 13.2 Å². The molecule has 0 fully saturated rings. The zero-order valence-electron chi connectivity index (χ0n) is 11.7. The van der Waals surface area contributed by atoms with E-state index in [1.165, 1.54) is 23.5 Å². The molecule has 0 aliphatic carbocycles. The third kappa shape index (κ3) is 3.34. The summed E-state index contributed by atoms with van der Waals surface area (Å²) < 4.78 is 39.7. The van der Waals surface area contributed by atoms with E-state index in [9.17, 15) is 18.0 Å². The Morgan fingerprint density at radius 3 is 2.52 bits per heavy atom. The molecule has 0 bridgehead atoms. The molecule has 0 radical (unpaired) electrons. The molecule has 3 aromatic rings. The van der Waals surface area contributed by atoms with Crippen molar-refractivity contribution in [2.75, 3.05) is 0 Å². The van der Waals surface area contributed by atoms with Gasteiger partial charge in [0.15, 0.2) is 0 Å². The number of aromatic nitrogens is 1. The molecule has 1 N–H and O–H groups in total. The van der Waals surface area contributed by atoms with Gasteiger partial charge in [0.2, 0.25) is 0 Å². The highest BCUT2D eigenvalue weighted by molar-refractivity contribution is 7.18. The minimum atomic E-state index is -4.57. The van der Waals surface area contributed by atoms with Gasteiger partial charge in [-0.3, -0.25) is 4.79 Å². The number of halogens is 3. The predicted octanol–water partition coefficient (Wildman–Crippen LogP) is 4.25. The molecule has 1 heterocycles. The molecule has 0 spiro atoms. The average Bonchev–Trinajstić information content (AvgIpc) is 2.94. The number of alkyl halides is 3. The fraction of sp³-hybridized carbons (Fsp3) is 0.125. The number of para-hydroxylation sites is 1. The lowest BCUT2D eigenvalue weighted by Gasteiger charge is -2.12. The number of hydrogen-bond acceptors (Lipinski definition) is 3. The number of carbonyl (C=O) groups excluding carboxylic acids is 1. The fourth-order valence-corrected chi connectivity index (χ4v) is 3.08. The van der Waals surface area contributed by atoms with Crippen LogP contribution in [-0.4, -0.2) is 10.9 Å². The number of nitrogens with one attached hydrogen (secondary N) is 1. The Morgan fingerprint density at radius 1 is 1.09 bits per heavy atom. The molecule has 23 heavy (non-hydrogen) atoms. The van der Waals surface area contributed by atoms with Crippen LogP contribution in [0.15, 0.2) is 48.5 Å². The molecule has 0 unspecified atom stereocenters. The SMILES string of the molecule is O=C(NCc1nc2ccccc2s1)c1ccccc1C(F)(F)F. The fourth-order valence-electron chi connectivity index (χ4n) is 2.17. The second kappa shape index (κ2) is 6.00. The van der Waals surface area contributed by atoms with Crippen molar-refractivity contribution in [1.29, 1.82) is 0 Å². The van der Waals surface area contributed by atoms with Gasteiger partial charge in [-0.2, -0.15) is 13.2 Å². The molecule has 3 rings (SSSR count). The van der Waals surface area contributed by atoms with Crippen molar-refractivity contribution in [3.05, 3.63) is 64.7 Å². The molecule has 118 valence electrons. The van der Waals surface area contributed by atoms with Gasteiger partial charge >= 0.3 is 6.18 Å². The summed E-state index contributed by atoms with van der Waals surface area (Å²) >= 11 is 1.40. The molecule has 1 aromatic heterocycles. The smallest absolute Gasteiger partial charge is 0.346 e. The molecular formula is C16H11F3N2OS. The molecule has 0 saturated carbocycles. The first-order valence-electron chi connectivity index (χ1n) is 6.74. The second-order valence-corrected chi connectivity index (χ2v) is 5.92. The van der Waals surface area contributed by atoms with E-state index >= 15 is 0 Å². The Bertz CT molecular complexity index is 825. The van der Waals surface area contributed by atoms with E-state index in [0.717, 1.165) is 22.3 Å². The average molecular weight is 336 g/mol. The Hall–Kier alpha value is -2.41. The third-order valence-electron chi connectivity index (χ3n) is 3.22. The van der Waals surface area contributed by atoms with E-state index in [0.29, 0.717) is 5.01 Å². The number of carbonyl (C=O) groups is 1. The van der Waals surface area contributed by atoms with Crippen molar-refractivity contribution in [2.24, 2.45) is 0 Å². The van der Waals surface area contributed by atoms with Gasteiger partial charge in [0, 0.05) is 0 Å². The molecule has 1 amide bonds. The van der Waals surface area contributed by atoms with Crippen LogP contribution in [0.5, 0.6) is 0 Å². The summed E-state index contributed by atoms with van der Waals surface area (Å²) in [6, 6.07) is 12.2. The summed E-state index contributed by atoms with van der Waals surface area (Å²) in [4.78, 5) is 16.4. The normalized spacial score (nSPS) is 11.6. The number of rotatable bonds is 3. The van der Waals surface area contributed by atoms with Crippen molar-refractivity contribution >= 4 is 27.5 Å². The minimum Gasteiger partial charge on any atom is -0.346 e. The topological polar surface area (TPSA) is 42.0 Å². The van der Waals surface area contributed by atoms with E-state index < -0.39 is 17.6 Å². The van der Waals surface area contributed by atoms with E-state index in [1.54, 1.807) is 0 Å². The third-order valence-corrected chi connectivity index (χ3v) is 4.25. The van der Waals surface area contributed by atoms with Crippen LogP contribution < -0.4 is 5.32 Å². The Balaban J connectivity index is 1.77. The van der Waals surface area contributed by atoms with Crippen LogP contribution in [-0.2, 0) is 12.7 Å². The summed E-state index contributed by atoms with van der Waals surface area (Å²) in [5.74, 6) is -0.766. The van der Waals surface area contributed by atoms with Crippen molar-refractivity contribution in [1.82, 2.24) is 10.3 Å². The molecule has 7 heteroatoms. The minimum absolute atomic E-state index is 0.0877. The van der Waals surface area contributed by atoms with Crippen molar-refractivity contribution in [2.45, 2.75) is 12.7 Å². The lowest BCUT2D eigenvalue weighted by Crippen LogP contribution is -2.25. The highest BCUT2D eigenvalue weighted by Gasteiger charge is 2.34. The van der Waals surface area contributed by atoms with Gasteiger partial charge in [-0.1, -0.05) is 24.3 Å². The van der Waals surface area contributed by atoms with Gasteiger partial charge in [-0.15, -0.1) is 11.3 Å². The van der Waals surface area contributed by atoms with E-state index in [2.05, 4.69) is 10.3 Å². The first-order chi connectivity index (χ1) is 10.9. The number of nitrogens with zero attached hydrogens (tertiary/aromatic N) is 1. The monoisotopic (exact) mass is 336 g/mol. The van der Waals surface area contributed by atoms with Gasteiger partial charge in [-0.05, 0) is 24.3 Å². The summed E-state index contributed by atoms with van der Waals surface area (Å²) in [7, 11) is 0. The van der Waals surface area contributed by atoms with Crippen LogP contribution in [0, 0.1) is 0 Å². The summed E-state index contributed by atoms with van der Waals surface area (Å²) in [5, 5.41) is 3.14. The van der Waals surface area contributed by atoms with E-state index in [1.807, 2.05) is 24.3 Å². The lowest BCUT2D eigenvalue weighted by atomic mass is 10.1. The summed E-state index contributed by atoms with van der Waals surface area (Å²) in [5.41, 5.74) is -0.527. The van der Waals surface area contributed by atoms with Gasteiger partial charge in [0.05, 0.1) is 27.9 Å². The molecular weight excluding hydrogens is 325 g/mol. The van der Waals surface area contributed by atoms with Crippen molar-refractivity contribution in [3.63, 3.8) is 0 Å². The molecule has 0 saturated heterocycles. The molecule has 0 aliphatic rings. The van der Waals surface area contributed by atoms with Crippen LogP contribution in [0.2, 0.25) is 0 Å². The Labute approximate surface area is 133 Å². The number of benzene rings is 2. The van der Waals surface area contributed by atoms with E-state index in [-0.39, 0.29) is 12.1 Å². The zero-order chi connectivity index (χ0) is 16.4. The molecule has 2 aromatic carbocycles. The van der Waals surface area contributed by atoms with Crippen molar-refractivity contribution < 1.29 is 18.0 Å². The largest absolute Gasteiger partial charge is 0.417 e. The number of hydrogen-bond donors (Lipinski definition) is 1. The maximum Gasteiger partial charge on any atom is 0.417 e. The summed E-state index contributed by atoms with van der Waals surface area (Å²) in [6.07, 6.45) is -4.57. The van der Waals surface area contributed by atoms with Gasteiger partial charge < -0.3 is 5.32 Å². The van der Waals surface area contributed by atoms with Gasteiger partial charge in [0.1, 0.15) is 5.01 Å². The lowest BCUT2D eigenvalue weighted by molar-refractivity contribution is -0.137. The van der Waals surface area contributed by atoms with Crippen LogP contribution >= 0.6 is 11.3 Å². The number of fused-ring (bicyclic) bond motifs is 1. The van der Waals surface area contributed by atoms with E-state index in [4.69, 9.17) is 0 Å². The van der Waals surface area contributed by atoms with Crippen LogP contribution in [0.25, 0.3) is 10.2 Å². The molecule has 3 nitrogen and oxygen atoms in total. The van der Waals surface area contributed by atoms with Crippen molar-refractivity contribution in [3.8, 4) is 0 Å².